The van der Waals surface area contributed by atoms with E-state index in [1.165, 1.54) is 6.07 Å². The number of esters is 1. The van der Waals surface area contributed by atoms with E-state index in [0.29, 0.717) is 18.4 Å². The van der Waals surface area contributed by atoms with Crippen LogP contribution in [0.4, 0.5) is 0 Å². The van der Waals surface area contributed by atoms with Gasteiger partial charge in [-0.05, 0) is 75.6 Å². The number of likely N-dealkylation sites (tertiary alicyclic amines) is 1. The van der Waals surface area contributed by atoms with Gasteiger partial charge in [-0.25, -0.2) is 4.79 Å². The topological polar surface area (TPSA) is 180 Å². The minimum atomic E-state index is -1.51. The number of carbonyl (C=O) groups excluding carboxylic acids is 1. The zero-order chi connectivity index (χ0) is 30.6. The number of aliphatic carboxylic acids is 3. The maximum Gasteiger partial charge on any atom is 0.335 e. The van der Waals surface area contributed by atoms with E-state index in [2.05, 4.69) is 11.8 Å². The van der Waals surface area contributed by atoms with Crippen molar-refractivity contribution in [1.29, 1.82) is 0 Å². The second-order valence-electron chi connectivity index (χ2n) is 11.5. The molecule has 3 aliphatic rings. The lowest BCUT2D eigenvalue weighted by Crippen LogP contribution is -2.54. The van der Waals surface area contributed by atoms with Gasteiger partial charge in [-0.2, -0.15) is 0 Å². The molecule has 0 bridgehead atoms. The molecule has 2 saturated heterocycles. The second-order valence-corrected chi connectivity index (χ2v) is 11.5. The summed E-state index contributed by atoms with van der Waals surface area (Å²) in [5, 5.41) is 40.0. The minimum Gasteiger partial charge on any atom is -0.504 e. The van der Waals surface area contributed by atoms with Crippen molar-refractivity contribution in [3.8, 4) is 11.5 Å². The van der Waals surface area contributed by atoms with Crippen LogP contribution in [-0.4, -0.2) is 87.3 Å². The predicted octanol–water partition coefficient (Wildman–Crippen LogP) is 2.92. The number of phenols is 1. The number of rotatable bonds is 12. The van der Waals surface area contributed by atoms with E-state index in [-0.39, 0.29) is 18.1 Å². The van der Waals surface area contributed by atoms with Gasteiger partial charge in [0, 0.05) is 29.9 Å². The first-order valence-corrected chi connectivity index (χ1v) is 14.8. The maximum absolute atomic E-state index is 13.0. The molecule has 1 aromatic carbocycles. The van der Waals surface area contributed by atoms with E-state index in [1.807, 2.05) is 6.07 Å². The van der Waals surface area contributed by atoms with Crippen molar-refractivity contribution >= 4 is 23.9 Å². The Morgan fingerprint density at radius 2 is 1.62 bits per heavy atom. The fraction of sp³-hybridized carbons (Fsp3) is 0.667. The number of carboxylic acid groups (broad SMARTS) is 3. The van der Waals surface area contributed by atoms with Crippen LogP contribution in [-0.2, 0) is 41.5 Å². The van der Waals surface area contributed by atoms with Crippen molar-refractivity contribution in [2.24, 2.45) is 23.7 Å². The standard InChI is InChI=1S/C30H41NO11/c1-3-9-31-10-5-6-17-11-18-16(12-22(17)31)7-8-23(32)27(18)41-30-21(15-26(37)38)19(13-24(33)34)20(14-25(35)36)28(42-30)29(39)40-4-2/h7-8,17,19-22,28,30,32H,3-6,9-15H2,1-2H3,(H,33,34)(H,35,36)(H,37,38)/t17-,19+,20+,21-,22-,28+,30-/m1/s1. The van der Waals surface area contributed by atoms with Crippen LogP contribution >= 0.6 is 0 Å². The first kappa shape index (κ1) is 31.6. The lowest BCUT2D eigenvalue weighted by molar-refractivity contribution is -0.235. The smallest absolute Gasteiger partial charge is 0.335 e. The average molecular weight is 592 g/mol. The Hall–Kier alpha value is -3.38. The van der Waals surface area contributed by atoms with Gasteiger partial charge in [-0.3, -0.25) is 19.3 Å². The summed E-state index contributed by atoms with van der Waals surface area (Å²) in [6, 6.07) is 3.74. The fourth-order valence-electron chi connectivity index (χ4n) is 7.19. The number of hydrogen-bond donors (Lipinski definition) is 4. The molecule has 0 radical (unpaired) electrons. The molecule has 0 saturated carbocycles. The lowest BCUT2D eigenvalue weighted by Gasteiger charge is -2.46. The van der Waals surface area contributed by atoms with E-state index in [1.54, 1.807) is 6.92 Å². The number of carboxylic acids is 3. The van der Waals surface area contributed by atoms with Crippen LogP contribution in [0.1, 0.15) is 63.5 Å². The molecule has 12 heteroatoms. The van der Waals surface area contributed by atoms with Gasteiger partial charge in [0.2, 0.25) is 6.29 Å². The molecule has 42 heavy (non-hydrogen) atoms. The van der Waals surface area contributed by atoms with Gasteiger partial charge in [0.15, 0.2) is 17.6 Å². The van der Waals surface area contributed by atoms with Gasteiger partial charge in [-0.15, -0.1) is 0 Å². The van der Waals surface area contributed by atoms with E-state index in [0.717, 1.165) is 49.9 Å². The Morgan fingerprint density at radius 3 is 2.26 bits per heavy atom. The molecule has 7 atom stereocenters. The van der Waals surface area contributed by atoms with Crippen molar-refractivity contribution in [3.05, 3.63) is 23.3 Å². The largest absolute Gasteiger partial charge is 0.504 e. The molecule has 4 rings (SSSR count). The molecule has 0 spiro atoms. The number of aromatic hydroxyl groups is 1. The van der Waals surface area contributed by atoms with Crippen LogP contribution < -0.4 is 4.74 Å². The Morgan fingerprint density at radius 1 is 0.952 bits per heavy atom. The summed E-state index contributed by atoms with van der Waals surface area (Å²) in [7, 11) is 0. The summed E-state index contributed by atoms with van der Waals surface area (Å²) in [4.78, 5) is 51.1. The summed E-state index contributed by atoms with van der Waals surface area (Å²) in [6.07, 6.45) is -0.290. The molecule has 12 nitrogen and oxygen atoms in total. The predicted molar refractivity (Wildman–Crippen MR) is 147 cm³/mol. The number of piperidine rings is 1. The third-order valence-corrected chi connectivity index (χ3v) is 8.88. The van der Waals surface area contributed by atoms with Crippen LogP contribution in [0, 0.1) is 23.7 Å². The van der Waals surface area contributed by atoms with Gasteiger partial charge in [-0.1, -0.05) is 13.0 Å². The molecule has 0 aromatic heterocycles. The van der Waals surface area contributed by atoms with Crippen molar-refractivity contribution in [3.63, 3.8) is 0 Å². The van der Waals surface area contributed by atoms with Crippen LogP contribution in [0.25, 0.3) is 0 Å². The number of fused-ring (bicyclic) bond motifs is 2. The molecule has 4 N–H and O–H groups in total. The second kappa shape index (κ2) is 13.7. The van der Waals surface area contributed by atoms with Crippen molar-refractivity contribution in [1.82, 2.24) is 4.90 Å². The van der Waals surface area contributed by atoms with E-state index in [9.17, 15) is 39.6 Å². The van der Waals surface area contributed by atoms with Gasteiger partial charge in [0.05, 0.1) is 19.4 Å². The molecule has 0 amide bonds. The molecular formula is C30H41NO11. The van der Waals surface area contributed by atoms with Crippen LogP contribution in [0.15, 0.2) is 12.1 Å². The average Bonchev–Trinajstić information content (AvgIpc) is 2.92. The molecule has 0 unspecified atom stereocenters. The summed E-state index contributed by atoms with van der Waals surface area (Å²) < 4.78 is 17.4. The number of hydrogen-bond acceptors (Lipinski definition) is 9. The summed E-state index contributed by atoms with van der Waals surface area (Å²) >= 11 is 0. The molecule has 2 heterocycles. The molecule has 1 aromatic rings. The van der Waals surface area contributed by atoms with Gasteiger partial charge < -0.3 is 34.6 Å². The highest BCUT2D eigenvalue weighted by molar-refractivity contribution is 5.78. The Balaban J connectivity index is 1.73. The Labute approximate surface area is 244 Å². The third-order valence-electron chi connectivity index (χ3n) is 8.88. The number of phenolic OH excluding ortho intramolecular Hbond substituents is 1. The quantitative estimate of drug-likeness (QED) is 0.261. The maximum atomic E-state index is 13.0. The highest BCUT2D eigenvalue weighted by atomic mass is 16.7. The SMILES string of the molecule is CCCN1CCC[C@@H]2Cc3c(ccc(O)c3O[C@@H]3O[C@H](C(=O)OCC)[C@@H](CC(=O)O)[C@H](CC(=O)O)[C@H]3CC(=O)O)C[C@H]21. The van der Waals surface area contributed by atoms with Crippen molar-refractivity contribution in [2.75, 3.05) is 19.7 Å². The first-order valence-electron chi connectivity index (χ1n) is 14.8. The summed E-state index contributed by atoms with van der Waals surface area (Å²) in [5.74, 6) is -7.87. The van der Waals surface area contributed by atoms with E-state index < -0.39 is 73.3 Å². The van der Waals surface area contributed by atoms with E-state index in [4.69, 9.17) is 14.2 Å². The number of nitrogens with zero attached hydrogens (tertiary/aromatic N) is 1. The minimum absolute atomic E-state index is 0.0310. The normalized spacial score (nSPS) is 29.1. The van der Waals surface area contributed by atoms with Gasteiger partial charge >= 0.3 is 23.9 Å². The molecule has 1 aliphatic carbocycles. The Bertz CT molecular complexity index is 1170. The van der Waals surface area contributed by atoms with Crippen molar-refractivity contribution in [2.45, 2.75) is 83.6 Å². The summed E-state index contributed by atoms with van der Waals surface area (Å²) in [6.45, 7) is 5.73. The van der Waals surface area contributed by atoms with Gasteiger partial charge in [0.1, 0.15) is 0 Å². The molecule has 232 valence electrons. The number of carbonyl (C=O) groups is 4. The molecule has 2 aliphatic heterocycles. The molecule has 2 fully saturated rings. The monoisotopic (exact) mass is 591 g/mol. The van der Waals surface area contributed by atoms with Crippen LogP contribution in [0.2, 0.25) is 0 Å². The summed E-state index contributed by atoms with van der Waals surface area (Å²) in [5.41, 5.74) is 1.77. The third kappa shape index (κ3) is 6.97. The molecular weight excluding hydrogens is 550 g/mol. The Kier molecular flexibility index (Phi) is 10.3. The number of ether oxygens (including phenoxy) is 3. The fourth-order valence-corrected chi connectivity index (χ4v) is 7.19. The van der Waals surface area contributed by atoms with Crippen LogP contribution in [0.5, 0.6) is 11.5 Å². The highest BCUT2D eigenvalue weighted by Crippen LogP contribution is 2.47. The zero-order valence-corrected chi connectivity index (χ0v) is 24.1. The van der Waals surface area contributed by atoms with Gasteiger partial charge in [0.25, 0.3) is 0 Å². The zero-order valence-electron chi connectivity index (χ0n) is 24.1. The number of benzene rings is 1. The van der Waals surface area contributed by atoms with Crippen LogP contribution in [0.3, 0.4) is 0 Å². The highest BCUT2D eigenvalue weighted by Gasteiger charge is 2.52. The van der Waals surface area contributed by atoms with E-state index >= 15 is 0 Å². The lowest BCUT2D eigenvalue weighted by atomic mass is 9.71. The first-order chi connectivity index (χ1) is 20.0. The van der Waals surface area contributed by atoms with Crippen molar-refractivity contribution < 1.29 is 53.8 Å².